The van der Waals surface area contributed by atoms with E-state index in [0.717, 1.165) is 50.4 Å². The van der Waals surface area contributed by atoms with Crippen molar-refractivity contribution >= 4 is 5.96 Å². The van der Waals surface area contributed by atoms with Crippen LogP contribution in [0.1, 0.15) is 45.1 Å². The van der Waals surface area contributed by atoms with Crippen LogP contribution < -0.4 is 15.4 Å². The van der Waals surface area contributed by atoms with Crippen LogP contribution in [0.3, 0.4) is 0 Å². The Hall–Kier alpha value is -1.79. The molecule has 1 saturated heterocycles. The van der Waals surface area contributed by atoms with Gasteiger partial charge in [0.2, 0.25) is 0 Å². The zero-order chi connectivity index (χ0) is 20.7. The number of rotatable bonds is 12. The molecule has 1 heterocycles. The number of methoxy groups -OCH3 is 1. The third kappa shape index (κ3) is 9.50. The Morgan fingerprint density at radius 1 is 1.14 bits per heavy atom. The summed E-state index contributed by atoms with van der Waals surface area (Å²) in [6.07, 6.45) is 4.76. The van der Waals surface area contributed by atoms with E-state index in [1.165, 1.54) is 44.5 Å². The number of ether oxygens (including phenoxy) is 2. The minimum absolute atomic E-state index is 0.653. The van der Waals surface area contributed by atoms with Crippen molar-refractivity contribution in [2.24, 2.45) is 10.9 Å². The SMILES string of the molecule is CCCN1CCC(CNC(=NCc2ccc(OC)cc2)NCCCOCC)CC1. The highest BCUT2D eigenvalue weighted by molar-refractivity contribution is 5.79. The second-order valence-electron chi connectivity index (χ2n) is 7.66. The molecular weight excluding hydrogens is 364 g/mol. The molecule has 1 aliphatic heterocycles. The summed E-state index contributed by atoms with van der Waals surface area (Å²) in [6.45, 7) is 12.0. The number of aliphatic imine (C=N–C) groups is 1. The minimum Gasteiger partial charge on any atom is -0.497 e. The van der Waals surface area contributed by atoms with Gasteiger partial charge in [0, 0.05) is 26.3 Å². The first-order valence-electron chi connectivity index (χ1n) is 11.2. The molecule has 0 aliphatic carbocycles. The fourth-order valence-electron chi connectivity index (χ4n) is 3.57. The summed E-state index contributed by atoms with van der Waals surface area (Å²) >= 11 is 0. The van der Waals surface area contributed by atoms with Crippen LogP contribution in [0.5, 0.6) is 5.75 Å². The van der Waals surface area contributed by atoms with Crippen molar-refractivity contribution in [2.45, 2.75) is 46.1 Å². The van der Waals surface area contributed by atoms with E-state index in [1.54, 1.807) is 7.11 Å². The van der Waals surface area contributed by atoms with Crippen molar-refractivity contribution in [1.29, 1.82) is 0 Å². The number of guanidine groups is 1. The molecule has 0 radical (unpaired) electrons. The van der Waals surface area contributed by atoms with Crippen LogP contribution in [-0.2, 0) is 11.3 Å². The zero-order valence-corrected chi connectivity index (χ0v) is 18.6. The average molecular weight is 405 g/mol. The molecule has 0 saturated carbocycles. The molecule has 6 nitrogen and oxygen atoms in total. The highest BCUT2D eigenvalue weighted by atomic mass is 16.5. The van der Waals surface area contributed by atoms with Crippen molar-refractivity contribution < 1.29 is 9.47 Å². The predicted molar refractivity (Wildman–Crippen MR) is 121 cm³/mol. The molecule has 0 atom stereocenters. The molecule has 164 valence electrons. The molecule has 0 unspecified atom stereocenters. The first-order valence-corrected chi connectivity index (χ1v) is 11.2. The lowest BCUT2D eigenvalue weighted by Crippen LogP contribution is -2.43. The number of benzene rings is 1. The maximum atomic E-state index is 5.43. The molecule has 0 aromatic heterocycles. The lowest BCUT2D eigenvalue weighted by molar-refractivity contribution is 0.145. The quantitative estimate of drug-likeness (QED) is 0.318. The van der Waals surface area contributed by atoms with Gasteiger partial charge in [-0.3, -0.25) is 0 Å². The second-order valence-corrected chi connectivity index (χ2v) is 7.66. The van der Waals surface area contributed by atoms with Crippen LogP contribution in [0.15, 0.2) is 29.3 Å². The first kappa shape index (κ1) is 23.5. The first-order chi connectivity index (χ1) is 14.2. The van der Waals surface area contributed by atoms with E-state index in [0.29, 0.717) is 6.54 Å². The van der Waals surface area contributed by atoms with Gasteiger partial charge in [-0.15, -0.1) is 0 Å². The van der Waals surface area contributed by atoms with Crippen molar-refractivity contribution in [2.75, 3.05) is 53.0 Å². The smallest absolute Gasteiger partial charge is 0.191 e. The van der Waals surface area contributed by atoms with Gasteiger partial charge in [-0.1, -0.05) is 19.1 Å². The molecule has 1 fully saturated rings. The third-order valence-electron chi connectivity index (χ3n) is 5.35. The van der Waals surface area contributed by atoms with E-state index >= 15 is 0 Å². The minimum atomic E-state index is 0.653. The van der Waals surface area contributed by atoms with Crippen molar-refractivity contribution in [3.8, 4) is 5.75 Å². The van der Waals surface area contributed by atoms with E-state index in [-0.39, 0.29) is 0 Å². The van der Waals surface area contributed by atoms with Gasteiger partial charge in [0.15, 0.2) is 5.96 Å². The van der Waals surface area contributed by atoms with Crippen molar-refractivity contribution in [3.05, 3.63) is 29.8 Å². The molecule has 2 N–H and O–H groups in total. The summed E-state index contributed by atoms with van der Waals surface area (Å²) in [7, 11) is 1.69. The zero-order valence-electron chi connectivity index (χ0n) is 18.6. The van der Waals surface area contributed by atoms with Gasteiger partial charge >= 0.3 is 0 Å². The average Bonchev–Trinajstić information content (AvgIpc) is 2.76. The lowest BCUT2D eigenvalue weighted by Gasteiger charge is -2.32. The van der Waals surface area contributed by atoms with E-state index in [1.807, 2.05) is 19.1 Å². The maximum Gasteiger partial charge on any atom is 0.191 e. The van der Waals surface area contributed by atoms with Gasteiger partial charge < -0.3 is 25.0 Å². The molecule has 1 aromatic carbocycles. The van der Waals surface area contributed by atoms with E-state index < -0.39 is 0 Å². The molecule has 1 aromatic rings. The van der Waals surface area contributed by atoms with Gasteiger partial charge in [0.25, 0.3) is 0 Å². The van der Waals surface area contributed by atoms with Crippen LogP contribution in [0.4, 0.5) is 0 Å². The summed E-state index contributed by atoms with van der Waals surface area (Å²) in [5.74, 6) is 2.49. The Labute approximate surface area is 177 Å². The molecule has 29 heavy (non-hydrogen) atoms. The fourth-order valence-corrected chi connectivity index (χ4v) is 3.57. The van der Waals surface area contributed by atoms with Gasteiger partial charge in [0.05, 0.1) is 13.7 Å². The maximum absolute atomic E-state index is 5.43. The molecule has 0 spiro atoms. The Morgan fingerprint density at radius 2 is 1.90 bits per heavy atom. The Balaban J connectivity index is 1.82. The van der Waals surface area contributed by atoms with E-state index in [9.17, 15) is 0 Å². The normalized spacial score (nSPS) is 16.0. The fraction of sp³-hybridized carbons (Fsp3) is 0.696. The predicted octanol–water partition coefficient (Wildman–Crippen LogP) is 3.28. The highest BCUT2D eigenvalue weighted by Gasteiger charge is 2.18. The summed E-state index contributed by atoms with van der Waals surface area (Å²) in [4.78, 5) is 7.38. The summed E-state index contributed by atoms with van der Waals surface area (Å²) in [5, 5.41) is 7.04. The summed E-state index contributed by atoms with van der Waals surface area (Å²) in [6, 6.07) is 8.10. The van der Waals surface area contributed by atoms with Gasteiger partial charge in [-0.2, -0.15) is 0 Å². The van der Waals surface area contributed by atoms with E-state index in [2.05, 4.69) is 34.6 Å². The number of hydrogen-bond donors (Lipinski definition) is 2. The largest absolute Gasteiger partial charge is 0.497 e. The second kappa shape index (κ2) is 14.2. The van der Waals surface area contributed by atoms with Crippen molar-refractivity contribution in [3.63, 3.8) is 0 Å². The molecule has 0 amide bonds. The molecule has 2 rings (SSSR count). The standard InChI is InChI=1S/C23H40N4O2/c1-4-14-27-15-11-21(12-16-27)19-26-23(24-13-6-17-29-5-2)25-18-20-7-9-22(28-3)10-8-20/h7-10,21H,4-6,11-19H2,1-3H3,(H2,24,25,26). The number of nitrogens with one attached hydrogen (secondary N) is 2. The third-order valence-corrected chi connectivity index (χ3v) is 5.35. The molecule has 1 aliphatic rings. The summed E-state index contributed by atoms with van der Waals surface area (Å²) in [5.41, 5.74) is 1.18. The molecular formula is C23H40N4O2. The number of likely N-dealkylation sites (tertiary alicyclic amines) is 1. The number of piperidine rings is 1. The molecule has 6 heteroatoms. The van der Waals surface area contributed by atoms with Crippen LogP contribution in [0, 0.1) is 5.92 Å². The Bertz CT molecular complexity index is 569. The van der Waals surface area contributed by atoms with E-state index in [4.69, 9.17) is 14.5 Å². The Morgan fingerprint density at radius 3 is 2.55 bits per heavy atom. The number of hydrogen-bond acceptors (Lipinski definition) is 4. The summed E-state index contributed by atoms with van der Waals surface area (Å²) < 4.78 is 10.7. The topological polar surface area (TPSA) is 58.1 Å². The van der Waals surface area contributed by atoms with Gasteiger partial charge in [0.1, 0.15) is 5.75 Å². The Kier molecular flexibility index (Phi) is 11.5. The monoisotopic (exact) mass is 404 g/mol. The van der Waals surface area contributed by atoms with Crippen LogP contribution in [0.25, 0.3) is 0 Å². The van der Waals surface area contributed by atoms with Gasteiger partial charge in [-0.25, -0.2) is 4.99 Å². The lowest BCUT2D eigenvalue weighted by atomic mass is 9.97. The van der Waals surface area contributed by atoms with Gasteiger partial charge in [-0.05, 0) is 75.9 Å². The number of nitrogens with zero attached hydrogens (tertiary/aromatic N) is 2. The molecule has 0 bridgehead atoms. The van der Waals surface area contributed by atoms with Crippen LogP contribution >= 0.6 is 0 Å². The highest BCUT2D eigenvalue weighted by Crippen LogP contribution is 2.16. The van der Waals surface area contributed by atoms with Crippen LogP contribution in [0.2, 0.25) is 0 Å². The van der Waals surface area contributed by atoms with Crippen LogP contribution in [-0.4, -0.2) is 63.9 Å². The van der Waals surface area contributed by atoms with Crippen molar-refractivity contribution in [1.82, 2.24) is 15.5 Å².